The van der Waals surface area contributed by atoms with Crippen LogP contribution in [-0.4, -0.2) is 44.7 Å². The van der Waals surface area contributed by atoms with E-state index < -0.39 is 0 Å². The van der Waals surface area contributed by atoms with E-state index in [-0.39, 0.29) is 6.61 Å². The van der Waals surface area contributed by atoms with Crippen LogP contribution in [0.1, 0.15) is 6.92 Å². The number of aromatic nitrogens is 4. The molecule has 2 heterocycles. The number of fused-ring (bicyclic) bond motifs is 2. The van der Waals surface area contributed by atoms with Crippen LogP contribution in [0, 0.1) is 0 Å². The monoisotopic (exact) mass is 360 g/mol. The molecule has 0 saturated heterocycles. The Morgan fingerprint density at radius 3 is 1.78 bits per heavy atom. The SMILES string of the molecule is CCNc1nc(-c2nc(NCCO)c3ccccc3n2)nc2ccccc12. The van der Waals surface area contributed by atoms with E-state index in [1.807, 2.05) is 55.5 Å². The lowest BCUT2D eigenvalue weighted by molar-refractivity contribution is 0.311. The molecule has 27 heavy (non-hydrogen) atoms. The summed E-state index contributed by atoms with van der Waals surface area (Å²) in [6.07, 6.45) is 0. The first-order valence-electron chi connectivity index (χ1n) is 8.92. The molecule has 4 rings (SSSR count). The van der Waals surface area contributed by atoms with E-state index in [0.717, 1.165) is 34.2 Å². The van der Waals surface area contributed by atoms with Crippen LogP contribution in [0.15, 0.2) is 48.5 Å². The fourth-order valence-corrected chi connectivity index (χ4v) is 2.96. The Bertz CT molecular complexity index is 1100. The van der Waals surface area contributed by atoms with Gasteiger partial charge in [0.15, 0.2) is 11.6 Å². The lowest BCUT2D eigenvalue weighted by atomic mass is 10.2. The van der Waals surface area contributed by atoms with E-state index >= 15 is 0 Å². The summed E-state index contributed by atoms with van der Waals surface area (Å²) in [5.41, 5.74) is 1.63. The number of benzene rings is 2. The van der Waals surface area contributed by atoms with Crippen LogP contribution in [0.25, 0.3) is 33.5 Å². The van der Waals surface area contributed by atoms with Crippen molar-refractivity contribution in [3.8, 4) is 11.6 Å². The second kappa shape index (κ2) is 7.51. The molecule has 0 fully saturated rings. The number of anilines is 2. The molecule has 3 N–H and O–H groups in total. The van der Waals surface area contributed by atoms with Crippen molar-refractivity contribution in [1.29, 1.82) is 0 Å². The molecule has 2 aromatic carbocycles. The number of nitrogens with one attached hydrogen (secondary N) is 2. The molecule has 0 atom stereocenters. The topological polar surface area (TPSA) is 95.9 Å². The maximum absolute atomic E-state index is 9.16. The molecule has 0 saturated carbocycles. The van der Waals surface area contributed by atoms with E-state index in [4.69, 9.17) is 5.11 Å². The maximum atomic E-state index is 9.16. The van der Waals surface area contributed by atoms with Gasteiger partial charge in [0.2, 0.25) is 0 Å². The first-order valence-corrected chi connectivity index (χ1v) is 8.92. The predicted molar refractivity (Wildman–Crippen MR) is 108 cm³/mol. The van der Waals surface area contributed by atoms with Crippen LogP contribution in [0.4, 0.5) is 11.6 Å². The Kier molecular flexibility index (Phi) is 4.76. The van der Waals surface area contributed by atoms with Gasteiger partial charge in [-0.25, -0.2) is 19.9 Å². The van der Waals surface area contributed by atoms with Crippen LogP contribution in [0.2, 0.25) is 0 Å². The van der Waals surface area contributed by atoms with Gasteiger partial charge in [-0.2, -0.15) is 0 Å². The lowest BCUT2D eigenvalue weighted by Gasteiger charge is -2.11. The van der Waals surface area contributed by atoms with Gasteiger partial charge in [0.05, 0.1) is 17.6 Å². The van der Waals surface area contributed by atoms with E-state index in [1.54, 1.807) is 0 Å². The minimum atomic E-state index is 0.0186. The first-order chi connectivity index (χ1) is 13.3. The van der Waals surface area contributed by atoms with Crippen LogP contribution < -0.4 is 10.6 Å². The zero-order chi connectivity index (χ0) is 18.6. The van der Waals surface area contributed by atoms with Gasteiger partial charge in [-0.1, -0.05) is 24.3 Å². The normalized spacial score (nSPS) is 11.0. The number of aliphatic hydroxyl groups is 1. The molecular weight excluding hydrogens is 340 g/mol. The zero-order valence-electron chi connectivity index (χ0n) is 15.0. The van der Waals surface area contributed by atoms with E-state index in [0.29, 0.717) is 24.0 Å². The van der Waals surface area contributed by atoms with Crippen molar-refractivity contribution in [3.05, 3.63) is 48.5 Å². The molecule has 7 nitrogen and oxygen atoms in total. The minimum Gasteiger partial charge on any atom is -0.395 e. The van der Waals surface area contributed by atoms with Crippen molar-refractivity contribution in [2.24, 2.45) is 0 Å². The summed E-state index contributed by atoms with van der Waals surface area (Å²) in [5, 5.41) is 17.5. The fourth-order valence-electron chi connectivity index (χ4n) is 2.96. The predicted octanol–water partition coefficient (Wildman–Crippen LogP) is 3.08. The summed E-state index contributed by atoms with van der Waals surface area (Å²) in [6.45, 7) is 3.20. The maximum Gasteiger partial charge on any atom is 0.200 e. The van der Waals surface area contributed by atoms with Crippen molar-refractivity contribution in [2.45, 2.75) is 6.92 Å². The van der Waals surface area contributed by atoms with Gasteiger partial charge in [-0.3, -0.25) is 0 Å². The summed E-state index contributed by atoms with van der Waals surface area (Å²) in [4.78, 5) is 18.6. The molecule has 0 radical (unpaired) electrons. The van der Waals surface area contributed by atoms with E-state index in [1.165, 1.54) is 0 Å². The summed E-state index contributed by atoms with van der Waals surface area (Å²) < 4.78 is 0. The molecule has 4 aromatic rings. The highest BCUT2D eigenvalue weighted by Gasteiger charge is 2.14. The highest BCUT2D eigenvalue weighted by Crippen LogP contribution is 2.26. The van der Waals surface area contributed by atoms with Gasteiger partial charge in [-0.05, 0) is 31.2 Å². The zero-order valence-corrected chi connectivity index (χ0v) is 15.0. The number of nitrogens with zero attached hydrogens (tertiary/aromatic N) is 4. The molecule has 0 aliphatic rings. The molecular formula is C20H20N6O. The third-order valence-electron chi connectivity index (χ3n) is 4.15. The molecule has 0 bridgehead atoms. The van der Waals surface area contributed by atoms with E-state index in [2.05, 4.69) is 30.6 Å². The number of para-hydroxylation sites is 2. The van der Waals surface area contributed by atoms with Gasteiger partial charge in [0.25, 0.3) is 0 Å². The number of rotatable bonds is 6. The second-order valence-electron chi connectivity index (χ2n) is 6.01. The molecule has 0 aliphatic heterocycles. The van der Waals surface area contributed by atoms with Gasteiger partial charge >= 0.3 is 0 Å². The summed E-state index contributed by atoms with van der Waals surface area (Å²) in [5.74, 6) is 2.33. The Labute approximate surface area is 156 Å². The van der Waals surface area contributed by atoms with Gasteiger partial charge in [0.1, 0.15) is 11.6 Å². The molecule has 2 aromatic heterocycles. The number of hydrogen-bond donors (Lipinski definition) is 3. The average Bonchev–Trinajstić information content (AvgIpc) is 2.72. The van der Waals surface area contributed by atoms with Crippen LogP contribution in [0.3, 0.4) is 0 Å². The standard InChI is InChI=1S/C20H20N6O/c1-2-21-17-13-7-3-5-9-15(13)23-19(25-17)20-24-16-10-6-4-8-14(16)18(26-20)22-11-12-27/h3-10,27H,2,11-12H2,1H3,(H,21,23,25)(H,22,24,26). The van der Waals surface area contributed by atoms with Crippen LogP contribution in [-0.2, 0) is 0 Å². The first kappa shape index (κ1) is 17.1. The molecule has 136 valence electrons. The molecule has 0 aliphatic carbocycles. The lowest BCUT2D eigenvalue weighted by Crippen LogP contribution is -2.09. The second-order valence-corrected chi connectivity index (χ2v) is 6.01. The number of hydrogen-bond acceptors (Lipinski definition) is 7. The smallest absolute Gasteiger partial charge is 0.200 e. The van der Waals surface area contributed by atoms with Gasteiger partial charge < -0.3 is 15.7 Å². The quantitative estimate of drug-likeness (QED) is 0.486. The summed E-state index contributed by atoms with van der Waals surface area (Å²) in [6, 6.07) is 15.6. The van der Waals surface area contributed by atoms with Crippen molar-refractivity contribution < 1.29 is 5.11 Å². The van der Waals surface area contributed by atoms with Crippen molar-refractivity contribution >= 4 is 33.4 Å². The average molecular weight is 360 g/mol. The Balaban J connectivity index is 1.91. The Hall–Kier alpha value is -3.32. The number of aliphatic hydroxyl groups excluding tert-OH is 1. The summed E-state index contributed by atoms with van der Waals surface area (Å²) >= 11 is 0. The highest BCUT2D eigenvalue weighted by molar-refractivity contribution is 5.92. The molecule has 0 spiro atoms. The molecule has 0 amide bonds. The third-order valence-corrected chi connectivity index (χ3v) is 4.15. The highest BCUT2D eigenvalue weighted by atomic mass is 16.3. The van der Waals surface area contributed by atoms with Gasteiger partial charge in [-0.15, -0.1) is 0 Å². The Morgan fingerprint density at radius 2 is 1.26 bits per heavy atom. The Morgan fingerprint density at radius 1 is 0.741 bits per heavy atom. The summed E-state index contributed by atoms with van der Waals surface area (Å²) in [7, 11) is 0. The minimum absolute atomic E-state index is 0.0186. The molecule has 0 unspecified atom stereocenters. The largest absolute Gasteiger partial charge is 0.395 e. The van der Waals surface area contributed by atoms with Crippen molar-refractivity contribution in [1.82, 2.24) is 19.9 Å². The molecule has 7 heteroatoms. The van der Waals surface area contributed by atoms with Crippen LogP contribution in [0.5, 0.6) is 0 Å². The van der Waals surface area contributed by atoms with E-state index in [9.17, 15) is 0 Å². The van der Waals surface area contributed by atoms with Crippen molar-refractivity contribution in [2.75, 3.05) is 30.3 Å². The van der Waals surface area contributed by atoms with Gasteiger partial charge in [0, 0.05) is 23.9 Å². The third kappa shape index (κ3) is 3.37. The van der Waals surface area contributed by atoms with Crippen molar-refractivity contribution in [3.63, 3.8) is 0 Å². The fraction of sp³-hybridized carbons (Fsp3) is 0.200. The van der Waals surface area contributed by atoms with Crippen LogP contribution >= 0.6 is 0 Å².